The zero-order valence-corrected chi connectivity index (χ0v) is 7.72. The van der Waals surface area contributed by atoms with E-state index in [9.17, 15) is 0 Å². The van der Waals surface area contributed by atoms with Gasteiger partial charge in [-0.25, -0.2) is 4.98 Å². The molecule has 0 N–H and O–H groups in total. The molecule has 0 atom stereocenters. The van der Waals surface area contributed by atoms with Gasteiger partial charge in [0.2, 0.25) is 0 Å². The maximum Gasteiger partial charge on any atom is 0.106 e. The van der Waals surface area contributed by atoms with Gasteiger partial charge in [0.05, 0.1) is 21.8 Å². The van der Waals surface area contributed by atoms with Crippen molar-refractivity contribution in [1.82, 2.24) is 10.4 Å². The van der Waals surface area contributed by atoms with Crippen molar-refractivity contribution in [1.29, 1.82) is 0 Å². The first kappa shape index (κ1) is 7.49. The first-order valence-electron chi connectivity index (χ1n) is 3.66. The Morgan fingerprint density at radius 1 is 1.33 bits per heavy atom. The van der Waals surface area contributed by atoms with Gasteiger partial charge in [0.15, 0.2) is 0 Å². The van der Waals surface area contributed by atoms with Gasteiger partial charge in [0.1, 0.15) is 5.71 Å². The van der Waals surface area contributed by atoms with E-state index in [4.69, 9.17) is 0 Å². The van der Waals surface area contributed by atoms with Gasteiger partial charge in [-0.15, -0.1) is 16.4 Å². The van der Waals surface area contributed by atoms with E-state index in [1.165, 1.54) is 0 Å². The van der Waals surface area contributed by atoms with Crippen LogP contribution in [0.3, 0.4) is 0 Å². The summed E-state index contributed by atoms with van der Waals surface area (Å²) < 4.78 is 0. The summed E-state index contributed by atoms with van der Waals surface area (Å²) >= 11 is 1.66. The monoisotopic (exact) mass is 178 g/mol. The second kappa shape index (κ2) is 2.71. The molecular weight excluding hydrogens is 170 g/mol. The smallest absolute Gasteiger partial charge is 0.106 e. The number of hydrogen-bond donors (Lipinski definition) is 0. The van der Waals surface area contributed by atoms with Crippen LogP contribution in [0.15, 0.2) is 17.4 Å². The van der Waals surface area contributed by atoms with Crippen molar-refractivity contribution in [2.45, 2.75) is 13.8 Å². The van der Waals surface area contributed by atoms with Gasteiger partial charge >= 0.3 is 0 Å². The van der Waals surface area contributed by atoms with Crippen LogP contribution in [0.25, 0.3) is 0 Å². The number of aromatic nitrogens is 1. The minimum absolute atomic E-state index is 0.929. The van der Waals surface area contributed by atoms with Crippen LogP contribution >= 0.6 is 11.3 Å². The minimum atomic E-state index is 0.929. The molecule has 1 aromatic heterocycles. The number of thiazole rings is 1. The molecule has 1 radical (unpaired) electrons. The number of aryl methyl sites for hydroxylation is 2. The second-order valence-corrected chi connectivity index (χ2v) is 3.77. The number of rotatable bonds is 1. The Morgan fingerprint density at radius 2 is 2.17 bits per heavy atom. The molecule has 0 spiro atoms. The topological polar surface area (TPSA) is 39.4 Å². The van der Waals surface area contributed by atoms with Crippen LogP contribution in [0.5, 0.6) is 0 Å². The average Bonchev–Trinajstić information content (AvgIpc) is 2.58. The van der Waals surface area contributed by atoms with Gasteiger partial charge in [-0.2, -0.15) is 5.43 Å². The number of allylic oxidation sites excluding steroid dienone is 1. The summed E-state index contributed by atoms with van der Waals surface area (Å²) in [5, 5.41) is 5.06. The highest BCUT2D eigenvalue weighted by Crippen LogP contribution is 2.19. The Bertz CT molecular complexity index is 362. The Balaban J connectivity index is 2.45. The molecule has 0 unspecified atom stereocenters. The number of nitrogens with zero attached hydrogens (tertiary/aromatic N) is 3. The summed E-state index contributed by atoms with van der Waals surface area (Å²) in [5.41, 5.74) is 5.75. The molecule has 12 heavy (non-hydrogen) atoms. The third kappa shape index (κ3) is 1.14. The molecule has 0 saturated heterocycles. The zero-order chi connectivity index (χ0) is 8.55. The lowest BCUT2D eigenvalue weighted by molar-refractivity contribution is 0.972. The van der Waals surface area contributed by atoms with E-state index in [0.717, 1.165) is 21.3 Å². The first-order chi connectivity index (χ1) is 5.77. The molecule has 2 rings (SSSR count). The Labute approximate surface area is 74.8 Å². The van der Waals surface area contributed by atoms with Crippen LogP contribution in [0.2, 0.25) is 0 Å². The van der Waals surface area contributed by atoms with Gasteiger partial charge in [-0.3, -0.25) is 0 Å². The highest BCUT2D eigenvalue weighted by molar-refractivity contribution is 7.14. The fourth-order valence-electron chi connectivity index (χ4n) is 1.12. The quantitative estimate of drug-likeness (QED) is 0.643. The molecule has 1 aromatic rings. The highest BCUT2D eigenvalue weighted by atomic mass is 32.1. The molecular formula is C8H8N3S. The maximum atomic E-state index is 4.32. The minimum Gasteiger partial charge on any atom is -0.246 e. The van der Waals surface area contributed by atoms with E-state index in [0.29, 0.717) is 0 Å². The van der Waals surface area contributed by atoms with Crippen LogP contribution in [0.4, 0.5) is 0 Å². The Kier molecular flexibility index (Phi) is 1.69. The summed E-state index contributed by atoms with van der Waals surface area (Å²) in [6.07, 6.45) is 3.60. The van der Waals surface area contributed by atoms with Gasteiger partial charge in [-0.1, -0.05) is 0 Å². The molecule has 61 valence electrons. The van der Waals surface area contributed by atoms with Gasteiger partial charge in [0, 0.05) is 0 Å². The lowest BCUT2D eigenvalue weighted by Gasteiger charge is -1.90. The lowest BCUT2D eigenvalue weighted by Crippen LogP contribution is -1.93. The maximum absolute atomic E-state index is 4.32. The lowest BCUT2D eigenvalue weighted by atomic mass is 10.3. The second-order valence-electron chi connectivity index (χ2n) is 2.56. The predicted octanol–water partition coefficient (Wildman–Crippen LogP) is 1.60. The third-order valence-corrected chi connectivity index (χ3v) is 2.70. The van der Waals surface area contributed by atoms with Crippen LogP contribution in [-0.4, -0.2) is 10.7 Å². The summed E-state index contributed by atoms with van der Waals surface area (Å²) in [6, 6.07) is 0. The Morgan fingerprint density at radius 3 is 2.67 bits per heavy atom. The SMILES string of the molecule is Cc1nc(C)c(C2=N[N]C=C2)s1. The molecule has 1 aliphatic heterocycles. The van der Waals surface area contributed by atoms with Gasteiger partial charge in [0.25, 0.3) is 0 Å². The zero-order valence-electron chi connectivity index (χ0n) is 6.90. The van der Waals surface area contributed by atoms with E-state index >= 15 is 0 Å². The van der Waals surface area contributed by atoms with Crippen LogP contribution in [-0.2, 0) is 0 Å². The first-order valence-corrected chi connectivity index (χ1v) is 4.48. The van der Waals surface area contributed by atoms with E-state index < -0.39 is 0 Å². The largest absolute Gasteiger partial charge is 0.246 e. The third-order valence-electron chi connectivity index (χ3n) is 1.60. The molecule has 3 nitrogen and oxygen atoms in total. The molecule has 2 heterocycles. The molecule has 0 amide bonds. The summed E-state index contributed by atoms with van der Waals surface area (Å²) in [4.78, 5) is 5.45. The summed E-state index contributed by atoms with van der Waals surface area (Å²) in [7, 11) is 0. The Hall–Kier alpha value is -1.16. The normalized spacial score (nSPS) is 14.7. The van der Waals surface area contributed by atoms with Crippen LogP contribution in [0, 0.1) is 13.8 Å². The molecule has 0 bridgehead atoms. The predicted molar refractivity (Wildman–Crippen MR) is 49.4 cm³/mol. The highest BCUT2D eigenvalue weighted by Gasteiger charge is 2.11. The van der Waals surface area contributed by atoms with Crippen LogP contribution < -0.4 is 5.43 Å². The molecule has 0 fully saturated rings. The van der Waals surface area contributed by atoms with Crippen molar-refractivity contribution in [3.05, 3.63) is 27.9 Å². The van der Waals surface area contributed by atoms with Crippen molar-refractivity contribution >= 4 is 17.0 Å². The van der Waals surface area contributed by atoms with Crippen molar-refractivity contribution < 1.29 is 0 Å². The van der Waals surface area contributed by atoms with Crippen molar-refractivity contribution in [2.24, 2.45) is 5.10 Å². The van der Waals surface area contributed by atoms with Crippen molar-refractivity contribution in [3.63, 3.8) is 0 Å². The van der Waals surface area contributed by atoms with E-state index in [1.54, 1.807) is 17.5 Å². The molecule has 0 aromatic carbocycles. The fraction of sp³-hybridized carbons (Fsp3) is 0.250. The van der Waals surface area contributed by atoms with Gasteiger partial charge in [-0.05, 0) is 19.9 Å². The summed E-state index contributed by atoms with van der Waals surface area (Å²) in [5.74, 6) is 0. The van der Waals surface area contributed by atoms with E-state index in [2.05, 4.69) is 15.5 Å². The average molecular weight is 178 g/mol. The fourth-order valence-corrected chi connectivity index (χ4v) is 2.01. The summed E-state index contributed by atoms with van der Waals surface area (Å²) in [6.45, 7) is 3.99. The molecule has 1 aliphatic rings. The molecule has 0 aliphatic carbocycles. The van der Waals surface area contributed by atoms with Crippen molar-refractivity contribution in [2.75, 3.05) is 0 Å². The standard InChI is InChI=1S/C8H8N3S/c1-5-8(12-6(2)10-5)7-3-4-9-11-7/h3-4H,1-2H3. The molecule has 4 heteroatoms. The number of hydrogen-bond acceptors (Lipinski definition) is 3. The van der Waals surface area contributed by atoms with Crippen LogP contribution in [0.1, 0.15) is 15.6 Å². The van der Waals surface area contributed by atoms with E-state index in [1.807, 2.05) is 19.9 Å². The van der Waals surface area contributed by atoms with E-state index in [-0.39, 0.29) is 0 Å². The molecule has 0 saturated carbocycles. The van der Waals surface area contributed by atoms with Crippen molar-refractivity contribution in [3.8, 4) is 0 Å². The van der Waals surface area contributed by atoms with Gasteiger partial charge < -0.3 is 0 Å².